The van der Waals surface area contributed by atoms with Gasteiger partial charge in [-0.1, -0.05) is 0 Å². The van der Waals surface area contributed by atoms with Crippen molar-refractivity contribution in [3.8, 4) is 11.1 Å². The fraction of sp³-hybridized carbons (Fsp3) is 0.435. The number of aryl methyl sites for hydroxylation is 1. The summed E-state index contributed by atoms with van der Waals surface area (Å²) in [6, 6.07) is 4.60. The van der Waals surface area contributed by atoms with Crippen molar-refractivity contribution in [2.24, 2.45) is 0 Å². The summed E-state index contributed by atoms with van der Waals surface area (Å²) in [6.07, 6.45) is 3.33. The molecule has 4 rings (SSSR count). The molecule has 0 spiro atoms. The van der Waals surface area contributed by atoms with E-state index in [-0.39, 0.29) is 30.7 Å². The number of pyridine rings is 1. The van der Waals surface area contributed by atoms with Gasteiger partial charge in [0, 0.05) is 23.4 Å². The van der Waals surface area contributed by atoms with Crippen LogP contribution in [0.5, 0.6) is 0 Å². The van der Waals surface area contributed by atoms with E-state index in [1.807, 2.05) is 0 Å². The van der Waals surface area contributed by atoms with Gasteiger partial charge in [0.2, 0.25) is 0 Å². The van der Waals surface area contributed by atoms with E-state index in [2.05, 4.69) is 10.3 Å². The van der Waals surface area contributed by atoms with Gasteiger partial charge < -0.3 is 10.4 Å². The Morgan fingerprint density at radius 2 is 2.03 bits per heavy atom. The van der Waals surface area contributed by atoms with Crippen LogP contribution in [0.4, 0.5) is 8.78 Å². The number of aliphatic hydroxyl groups is 1. The number of imidazole rings is 1. The van der Waals surface area contributed by atoms with Gasteiger partial charge in [-0.05, 0) is 62.9 Å². The molecule has 0 radical (unpaired) electrons. The Morgan fingerprint density at radius 3 is 2.66 bits per heavy atom. The largest absolute Gasteiger partial charge is 0.394 e. The van der Waals surface area contributed by atoms with Gasteiger partial charge in [-0.3, -0.25) is 13.9 Å². The second kappa shape index (κ2) is 8.12. The highest BCUT2D eigenvalue weighted by molar-refractivity contribution is 5.96. The lowest BCUT2D eigenvalue weighted by Gasteiger charge is -2.23. The third-order valence-corrected chi connectivity index (χ3v) is 5.90. The maximum Gasteiger partial charge on any atom is 0.331 e. The number of hydrogen-bond donors (Lipinski definition) is 2. The zero-order chi connectivity index (χ0) is 23.2. The Balaban J connectivity index is 1.89. The molecule has 1 amide bonds. The lowest BCUT2D eigenvalue weighted by molar-refractivity contribution is 0.0950. The van der Waals surface area contributed by atoms with Crippen molar-refractivity contribution in [2.75, 3.05) is 13.3 Å². The number of benzene rings is 1. The molecule has 1 aromatic carbocycles. The third kappa shape index (κ3) is 3.81. The van der Waals surface area contributed by atoms with Gasteiger partial charge in [0.05, 0.1) is 24.2 Å². The van der Waals surface area contributed by atoms with Gasteiger partial charge in [0.1, 0.15) is 12.5 Å². The molecular formula is C23H26F2N4O3. The van der Waals surface area contributed by atoms with Crippen molar-refractivity contribution in [2.45, 2.75) is 51.7 Å². The normalized spacial score (nSPS) is 14.2. The number of carbonyl (C=O) groups excluding carboxylic acids is 1. The first-order valence-electron chi connectivity index (χ1n) is 10.6. The summed E-state index contributed by atoms with van der Waals surface area (Å²) < 4.78 is 30.5. The molecule has 170 valence electrons. The average Bonchev–Trinajstić information content (AvgIpc) is 3.53. The van der Waals surface area contributed by atoms with Crippen LogP contribution in [0.1, 0.15) is 42.6 Å². The first kappa shape index (κ1) is 22.1. The fourth-order valence-corrected chi connectivity index (χ4v) is 3.80. The van der Waals surface area contributed by atoms with E-state index in [1.165, 1.54) is 21.4 Å². The molecule has 2 N–H and O–H groups in total. The number of amides is 1. The Bertz CT molecular complexity index is 1260. The van der Waals surface area contributed by atoms with Crippen molar-refractivity contribution < 1.29 is 18.7 Å². The SMILES string of the molecule is Cc1c(F)cc(C(=O)NC2CC2)cc1-c1cnc2c(c1)n(CCF)c(=O)n2C(C)(C)CO. The van der Waals surface area contributed by atoms with Gasteiger partial charge in [0.15, 0.2) is 5.65 Å². The topological polar surface area (TPSA) is 89.2 Å². The van der Waals surface area contributed by atoms with Crippen molar-refractivity contribution in [1.82, 2.24) is 19.4 Å². The summed E-state index contributed by atoms with van der Waals surface area (Å²) in [6.45, 7) is 3.73. The number of hydrogen-bond acceptors (Lipinski definition) is 4. The maximum absolute atomic E-state index is 14.7. The summed E-state index contributed by atoms with van der Waals surface area (Å²) in [4.78, 5) is 29.9. The maximum atomic E-state index is 14.7. The molecule has 1 aliphatic rings. The molecule has 1 fully saturated rings. The van der Waals surface area contributed by atoms with Crippen LogP contribution in [0, 0.1) is 12.7 Å². The van der Waals surface area contributed by atoms with Crippen molar-refractivity contribution in [3.63, 3.8) is 0 Å². The van der Waals surface area contributed by atoms with Crippen molar-refractivity contribution in [3.05, 3.63) is 51.8 Å². The van der Waals surface area contributed by atoms with E-state index in [0.29, 0.717) is 27.9 Å². The Kier molecular flexibility index (Phi) is 5.62. The summed E-state index contributed by atoms with van der Waals surface area (Å²) in [5, 5.41) is 12.6. The number of fused-ring (bicyclic) bond motifs is 1. The van der Waals surface area contributed by atoms with E-state index in [0.717, 1.165) is 12.8 Å². The number of alkyl halides is 1. The molecular weight excluding hydrogens is 418 g/mol. The van der Waals surface area contributed by atoms with Crippen LogP contribution >= 0.6 is 0 Å². The second-order valence-corrected chi connectivity index (χ2v) is 8.87. The lowest BCUT2D eigenvalue weighted by atomic mass is 9.98. The number of aromatic nitrogens is 3. The van der Waals surface area contributed by atoms with Crippen LogP contribution in [0.3, 0.4) is 0 Å². The summed E-state index contributed by atoms with van der Waals surface area (Å²) in [5.41, 5.74) is 0.746. The van der Waals surface area contributed by atoms with E-state index in [4.69, 9.17) is 0 Å². The highest BCUT2D eigenvalue weighted by atomic mass is 19.1. The highest BCUT2D eigenvalue weighted by Gasteiger charge is 2.28. The zero-order valence-corrected chi connectivity index (χ0v) is 18.3. The first-order chi connectivity index (χ1) is 15.2. The van der Waals surface area contributed by atoms with Gasteiger partial charge in [-0.25, -0.2) is 18.6 Å². The lowest BCUT2D eigenvalue weighted by Crippen LogP contribution is -2.40. The van der Waals surface area contributed by atoms with Crippen LogP contribution in [-0.4, -0.2) is 44.5 Å². The minimum Gasteiger partial charge on any atom is -0.394 e. The van der Waals surface area contributed by atoms with Crippen LogP contribution < -0.4 is 11.0 Å². The molecule has 2 aromatic heterocycles. The van der Waals surface area contributed by atoms with Gasteiger partial charge >= 0.3 is 5.69 Å². The van der Waals surface area contributed by atoms with Crippen LogP contribution in [0.25, 0.3) is 22.3 Å². The van der Waals surface area contributed by atoms with E-state index >= 15 is 0 Å². The number of nitrogens with one attached hydrogen (secondary N) is 1. The van der Waals surface area contributed by atoms with E-state index in [9.17, 15) is 23.5 Å². The number of halogens is 2. The summed E-state index contributed by atoms with van der Waals surface area (Å²) in [5.74, 6) is -0.865. The summed E-state index contributed by atoms with van der Waals surface area (Å²) >= 11 is 0. The van der Waals surface area contributed by atoms with Crippen molar-refractivity contribution in [1.29, 1.82) is 0 Å². The minimum atomic E-state index is -0.950. The number of aliphatic hydroxyl groups excluding tert-OH is 1. The molecule has 32 heavy (non-hydrogen) atoms. The smallest absolute Gasteiger partial charge is 0.331 e. The fourth-order valence-electron chi connectivity index (χ4n) is 3.80. The standard InChI is InChI=1S/C23H26F2N4O3/c1-13-17(8-14(9-18(13)25)21(31)27-16-4-5-16)15-10-19-20(26-11-15)29(23(2,3)12-30)22(32)28(19)7-6-24/h8-11,16,30H,4-7,12H2,1-3H3,(H,27,31). The molecule has 1 aliphatic carbocycles. The molecule has 0 aliphatic heterocycles. The zero-order valence-electron chi connectivity index (χ0n) is 18.3. The number of nitrogens with zero attached hydrogens (tertiary/aromatic N) is 3. The molecule has 3 aromatic rings. The minimum absolute atomic E-state index is 0.137. The first-order valence-corrected chi connectivity index (χ1v) is 10.6. The molecule has 9 heteroatoms. The Hall–Kier alpha value is -3.07. The van der Waals surface area contributed by atoms with Crippen molar-refractivity contribution >= 4 is 17.1 Å². The van der Waals surface area contributed by atoms with E-state index in [1.54, 1.807) is 32.9 Å². The average molecular weight is 444 g/mol. The second-order valence-electron chi connectivity index (χ2n) is 8.87. The molecule has 7 nitrogen and oxygen atoms in total. The molecule has 0 atom stereocenters. The van der Waals surface area contributed by atoms with Gasteiger partial charge in [-0.15, -0.1) is 0 Å². The summed E-state index contributed by atoms with van der Waals surface area (Å²) in [7, 11) is 0. The molecule has 1 saturated carbocycles. The molecule has 0 saturated heterocycles. The van der Waals surface area contributed by atoms with Gasteiger partial charge in [0.25, 0.3) is 5.91 Å². The molecule has 2 heterocycles. The predicted octanol–water partition coefficient (Wildman–Crippen LogP) is 2.90. The van der Waals surface area contributed by atoms with Crippen LogP contribution in [0.15, 0.2) is 29.2 Å². The Morgan fingerprint density at radius 1 is 1.31 bits per heavy atom. The van der Waals surface area contributed by atoms with E-state index < -0.39 is 23.7 Å². The third-order valence-electron chi connectivity index (χ3n) is 5.90. The predicted molar refractivity (Wildman–Crippen MR) is 117 cm³/mol. The Labute approximate surface area is 183 Å². The van der Waals surface area contributed by atoms with Gasteiger partial charge in [-0.2, -0.15) is 0 Å². The quantitative estimate of drug-likeness (QED) is 0.587. The number of carbonyl (C=O) groups is 1. The van der Waals surface area contributed by atoms with Crippen LogP contribution in [-0.2, 0) is 12.1 Å². The van der Waals surface area contributed by atoms with Crippen LogP contribution in [0.2, 0.25) is 0 Å². The molecule has 0 bridgehead atoms. The monoisotopic (exact) mass is 444 g/mol. The number of rotatable bonds is 7. The highest BCUT2D eigenvalue weighted by Crippen LogP contribution is 2.30. The molecule has 0 unspecified atom stereocenters.